The molecule has 0 N–H and O–H groups in total. The van der Waals surface area contributed by atoms with Crippen molar-refractivity contribution in [3.05, 3.63) is 67.4 Å². The highest BCUT2D eigenvalue weighted by molar-refractivity contribution is 6.43. The predicted octanol–water partition coefficient (Wildman–Crippen LogP) is 6.50. The lowest BCUT2D eigenvalue weighted by Crippen LogP contribution is -2.38. The summed E-state index contributed by atoms with van der Waals surface area (Å²) in [6, 6.07) is 8.22. The first kappa shape index (κ1) is 25.3. The third-order valence-corrected chi connectivity index (χ3v) is 6.49. The maximum Gasteiger partial charge on any atom is 0.267 e. The molecule has 0 bridgehead atoms. The molecule has 2 heterocycles. The van der Waals surface area contributed by atoms with Gasteiger partial charge in [0.15, 0.2) is 11.6 Å². The third-order valence-electron chi connectivity index (χ3n) is 5.77. The average molecular weight is 515 g/mol. The molecule has 8 heteroatoms. The molecule has 0 saturated heterocycles. The van der Waals surface area contributed by atoms with Crippen LogP contribution in [0.4, 0.5) is 5.82 Å². The van der Waals surface area contributed by atoms with Crippen LogP contribution in [0.3, 0.4) is 0 Å². The van der Waals surface area contributed by atoms with Crippen molar-refractivity contribution in [2.75, 3.05) is 11.5 Å². The summed E-state index contributed by atoms with van der Waals surface area (Å²) in [4.78, 5) is 42.2. The van der Waals surface area contributed by atoms with E-state index in [1.165, 1.54) is 10.6 Å². The fourth-order valence-corrected chi connectivity index (χ4v) is 4.61. The molecule has 184 valence electrons. The van der Waals surface area contributed by atoms with Gasteiger partial charge in [0.1, 0.15) is 0 Å². The van der Waals surface area contributed by atoms with E-state index < -0.39 is 11.8 Å². The number of carbonyl (C=O) groups excluding carboxylic acids is 2. The zero-order valence-corrected chi connectivity index (χ0v) is 22.2. The van der Waals surface area contributed by atoms with Crippen LogP contribution in [0.5, 0.6) is 5.75 Å². The lowest BCUT2D eigenvalue weighted by molar-refractivity contribution is 0.0920. The van der Waals surface area contributed by atoms with Gasteiger partial charge in [0, 0.05) is 11.9 Å². The SMILES string of the molecule is Cc1cccc2c1C(=O)N(c1c(OCC(C)C)c3cc(Cl)c(Cl)cc3c(=O)n1CC(C)(C)C)C2=O. The number of carbonyl (C=O) groups is 2. The summed E-state index contributed by atoms with van der Waals surface area (Å²) in [5, 5.41) is 1.18. The molecule has 0 spiro atoms. The van der Waals surface area contributed by atoms with Gasteiger partial charge in [-0.15, -0.1) is 0 Å². The second kappa shape index (κ2) is 8.99. The molecule has 2 amide bonds. The van der Waals surface area contributed by atoms with Crippen molar-refractivity contribution in [1.82, 2.24) is 4.57 Å². The van der Waals surface area contributed by atoms with Crippen LogP contribution < -0.4 is 15.2 Å². The maximum absolute atomic E-state index is 13.8. The highest BCUT2D eigenvalue weighted by atomic mass is 35.5. The Morgan fingerprint density at radius 3 is 2.17 bits per heavy atom. The summed E-state index contributed by atoms with van der Waals surface area (Å²) >= 11 is 12.6. The molecular weight excluding hydrogens is 487 g/mol. The van der Waals surface area contributed by atoms with E-state index >= 15 is 0 Å². The second-order valence-electron chi connectivity index (χ2n) is 10.6. The van der Waals surface area contributed by atoms with E-state index in [4.69, 9.17) is 27.9 Å². The first-order valence-corrected chi connectivity index (χ1v) is 12.2. The monoisotopic (exact) mass is 514 g/mol. The zero-order chi connectivity index (χ0) is 25.8. The van der Waals surface area contributed by atoms with Crippen molar-refractivity contribution in [1.29, 1.82) is 0 Å². The molecule has 0 atom stereocenters. The number of hydrogen-bond donors (Lipinski definition) is 0. The minimum absolute atomic E-state index is 0.113. The number of amides is 2. The van der Waals surface area contributed by atoms with Gasteiger partial charge in [0.25, 0.3) is 17.4 Å². The van der Waals surface area contributed by atoms with Crippen molar-refractivity contribution >= 4 is 51.6 Å². The van der Waals surface area contributed by atoms with Crippen molar-refractivity contribution in [2.45, 2.75) is 48.1 Å². The Morgan fingerprint density at radius 2 is 1.60 bits per heavy atom. The van der Waals surface area contributed by atoms with Crippen LogP contribution in [0.15, 0.2) is 35.1 Å². The molecular formula is C27H28Cl2N2O4. The average Bonchev–Trinajstić information content (AvgIpc) is 3.01. The highest BCUT2D eigenvalue weighted by Crippen LogP contribution is 2.42. The van der Waals surface area contributed by atoms with E-state index in [1.54, 1.807) is 31.2 Å². The van der Waals surface area contributed by atoms with Gasteiger partial charge in [0.05, 0.1) is 33.2 Å². The molecule has 4 rings (SSSR count). The van der Waals surface area contributed by atoms with Gasteiger partial charge < -0.3 is 4.74 Å². The largest absolute Gasteiger partial charge is 0.489 e. The van der Waals surface area contributed by atoms with Crippen LogP contribution in [0.25, 0.3) is 10.8 Å². The number of nitrogens with zero attached hydrogens (tertiary/aromatic N) is 2. The number of halogens is 2. The van der Waals surface area contributed by atoms with Gasteiger partial charge in [-0.25, -0.2) is 4.90 Å². The summed E-state index contributed by atoms with van der Waals surface area (Å²) in [6.45, 7) is 12.2. The Balaban J connectivity index is 2.13. The fraction of sp³-hybridized carbons (Fsp3) is 0.370. The topological polar surface area (TPSA) is 68.6 Å². The van der Waals surface area contributed by atoms with Crippen molar-refractivity contribution in [3.8, 4) is 5.75 Å². The Morgan fingerprint density at radius 1 is 0.971 bits per heavy atom. The number of aromatic nitrogens is 1. The molecule has 1 aliphatic rings. The molecule has 2 aromatic carbocycles. The number of rotatable bonds is 5. The van der Waals surface area contributed by atoms with E-state index in [1.807, 2.05) is 34.6 Å². The molecule has 0 aliphatic carbocycles. The summed E-state index contributed by atoms with van der Waals surface area (Å²) in [7, 11) is 0. The molecule has 3 aromatic rings. The Kier molecular flexibility index (Phi) is 6.49. The molecule has 6 nitrogen and oxygen atoms in total. The number of hydrogen-bond acceptors (Lipinski definition) is 4. The molecule has 0 radical (unpaired) electrons. The minimum atomic E-state index is -0.496. The van der Waals surface area contributed by atoms with Gasteiger partial charge in [0.2, 0.25) is 0 Å². The van der Waals surface area contributed by atoms with Crippen LogP contribution in [0.1, 0.15) is 60.9 Å². The number of imide groups is 1. The van der Waals surface area contributed by atoms with Crippen molar-refractivity contribution < 1.29 is 14.3 Å². The van der Waals surface area contributed by atoms with Crippen LogP contribution in [0.2, 0.25) is 10.0 Å². The normalized spacial score (nSPS) is 13.8. The van der Waals surface area contributed by atoms with Crippen LogP contribution in [-0.4, -0.2) is 23.0 Å². The fourth-order valence-electron chi connectivity index (χ4n) is 4.28. The number of aryl methyl sites for hydroxylation is 1. The Labute approximate surface area is 214 Å². The van der Waals surface area contributed by atoms with E-state index in [0.29, 0.717) is 34.1 Å². The first-order chi connectivity index (χ1) is 16.3. The smallest absolute Gasteiger partial charge is 0.267 e. The van der Waals surface area contributed by atoms with E-state index in [2.05, 4.69) is 0 Å². The molecule has 1 aromatic heterocycles. The molecule has 0 saturated carbocycles. The van der Waals surface area contributed by atoms with Crippen LogP contribution >= 0.6 is 23.2 Å². The van der Waals surface area contributed by atoms with Gasteiger partial charge in [-0.3, -0.25) is 19.0 Å². The Bertz CT molecular complexity index is 1430. The standard InChI is InChI=1S/C27H28Cl2N2O4/c1-14(2)12-35-22-17-10-19(28)20(29)11-18(17)24(32)30(13-27(4,5)6)23(22)31-25(33)16-9-7-8-15(3)21(16)26(31)34/h7-11,14H,12-13H2,1-6H3. The number of ether oxygens (including phenoxy) is 1. The molecule has 0 unspecified atom stereocenters. The van der Waals surface area contributed by atoms with Crippen LogP contribution in [-0.2, 0) is 6.54 Å². The van der Waals surface area contributed by atoms with Gasteiger partial charge in [-0.05, 0) is 42.0 Å². The van der Waals surface area contributed by atoms with Gasteiger partial charge in [-0.2, -0.15) is 0 Å². The number of fused-ring (bicyclic) bond motifs is 2. The van der Waals surface area contributed by atoms with Gasteiger partial charge in [-0.1, -0.05) is 70.0 Å². The quantitative estimate of drug-likeness (QED) is 0.364. The lowest BCUT2D eigenvalue weighted by Gasteiger charge is -2.28. The summed E-state index contributed by atoms with van der Waals surface area (Å²) in [5.41, 5.74) is 0.582. The molecule has 35 heavy (non-hydrogen) atoms. The molecule has 0 fully saturated rings. The minimum Gasteiger partial charge on any atom is -0.489 e. The lowest BCUT2D eigenvalue weighted by atomic mass is 9.96. The van der Waals surface area contributed by atoms with Crippen LogP contribution in [0, 0.1) is 18.3 Å². The Hall–Kier alpha value is -2.83. The summed E-state index contributed by atoms with van der Waals surface area (Å²) in [5.74, 6) is -0.470. The summed E-state index contributed by atoms with van der Waals surface area (Å²) in [6.07, 6.45) is 0. The van der Waals surface area contributed by atoms with E-state index in [-0.39, 0.29) is 45.0 Å². The third kappa shape index (κ3) is 4.45. The number of pyridine rings is 1. The summed E-state index contributed by atoms with van der Waals surface area (Å²) < 4.78 is 7.71. The number of benzene rings is 2. The predicted molar refractivity (Wildman–Crippen MR) is 140 cm³/mol. The second-order valence-corrected chi connectivity index (χ2v) is 11.4. The maximum atomic E-state index is 13.8. The highest BCUT2D eigenvalue weighted by Gasteiger charge is 2.42. The van der Waals surface area contributed by atoms with Crippen molar-refractivity contribution in [3.63, 3.8) is 0 Å². The van der Waals surface area contributed by atoms with E-state index in [0.717, 1.165) is 4.90 Å². The zero-order valence-electron chi connectivity index (χ0n) is 20.7. The van der Waals surface area contributed by atoms with Gasteiger partial charge >= 0.3 is 0 Å². The van der Waals surface area contributed by atoms with Crippen molar-refractivity contribution in [2.24, 2.45) is 11.3 Å². The molecule has 1 aliphatic heterocycles. The van der Waals surface area contributed by atoms with E-state index in [9.17, 15) is 14.4 Å². The first-order valence-electron chi connectivity index (χ1n) is 11.5. The number of anilines is 1.